The average Bonchev–Trinajstić information content (AvgIpc) is 2.48. The minimum atomic E-state index is -0.696. The van der Waals surface area contributed by atoms with Crippen LogP contribution in [-0.4, -0.2) is 72.2 Å². The fourth-order valence-electron chi connectivity index (χ4n) is 3.19. The minimum absolute atomic E-state index is 0.101. The molecule has 6 heteroatoms. The molecule has 2 saturated heterocycles. The van der Waals surface area contributed by atoms with Crippen molar-refractivity contribution in [3.05, 3.63) is 0 Å². The highest BCUT2D eigenvalue weighted by molar-refractivity contribution is 5.78. The van der Waals surface area contributed by atoms with Crippen LogP contribution in [0.25, 0.3) is 0 Å². The van der Waals surface area contributed by atoms with Crippen molar-refractivity contribution in [2.24, 2.45) is 5.41 Å². The number of rotatable bonds is 4. The van der Waals surface area contributed by atoms with Gasteiger partial charge in [-0.05, 0) is 39.3 Å². The number of hydrogen-bond donors (Lipinski definition) is 1. The predicted molar refractivity (Wildman–Crippen MR) is 78.0 cm³/mol. The third-order valence-electron chi connectivity index (χ3n) is 4.90. The molecule has 0 spiro atoms. The van der Waals surface area contributed by atoms with Crippen molar-refractivity contribution in [2.45, 2.75) is 39.2 Å². The number of nitrogens with zero attached hydrogens (tertiary/aromatic N) is 2. The van der Waals surface area contributed by atoms with Crippen LogP contribution < -0.4 is 0 Å². The molecule has 0 bridgehead atoms. The van der Waals surface area contributed by atoms with Gasteiger partial charge in [0.25, 0.3) is 0 Å². The Hall–Kier alpha value is -1.14. The third kappa shape index (κ3) is 3.74. The zero-order valence-corrected chi connectivity index (χ0v) is 13.0. The molecular weight excluding hydrogens is 272 g/mol. The first-order chi connectivity index (χ1) is 9.97. The van der Waals surface area contributed by atoms with Gasteiger partial charge in [-0.15, -0.1) is 0 Å². The van der Waals surface area contributed by atoms with Crippen LogP contribution in [0.4, 0.5) is 0 Å². The highest BCUT2D eigenvalue weighted by Gasteiger charge is 2.40. The van der Waals surface area contributed by atoms with Crippen molar-refractivity contribution in [3.8, 4) is 0 Å². The minimum Gasteiger partial charge on any atom is -0.481 e. The molecular formula is C15H26N2O4. The van der Waals surface area contributed by atoms with Gasteiger partial charge in [0, 0.05) is 13.1 Å². The van der Waals surface area contributed by atoms with E-state index in [-0.39, 0.29) is 12.0 Å². The largest absolute Gasteiger partial charge is 0.481 e. The number of aliphatic carboxylic acids is 1. The van der Waals surface area contributed by atoms with Crippen LogP contribution in [0.2, 0.25) is 0 Å². The molecule has 21 heavy (non-hydrogen) atoms. The predicted octanol–water partition coefficient (Wildman–Crippen LogP) is 0.811. The normalized spacial score (nSPS) is 26.6. The molecule has 0 aromatic rings. The summed E-state index contributed by atoms with van der Waals surface area (Å²) in [7, 11) is 0. The van der Waals surface area contributed by atoms with E-state index in [0.717, 1.165) is 0 Å². The first-order valence-corrected chi connectivity index (χ1v) is 7.82. The molecule has 2 aliphatic rings. The number of piperidine rings is 1. The van der Waals surface area contributed by atoms with Gasteiger partial charge in [-0.25, -0.2) is 0 Å². The first kappa shape index (κ1) is 16.2. The number of carboxylic acid groups (broad SMARTS) is 1. The lowest BCUT2D eigenvalue weighted by molar-refractivity contribution is -0.152. The van der Waals surface area contributed by atoms with E-state index in [2.05, 4.69) is 4.90 Å². The van der Waals surface area contributed by atoms with E-state index in [0.29, 0.717) is 58.6 Å². The Labute approximate surface area is 126 Å². The summed E-state index contributed by atoms with van der Waals surface area (Å²) in [6.07, 6.45) is 2.02. The summed E-state index contributed by atoms with van der Waals surface area (Å²) in [5.74, 6) is -0.567. The quantitative estimate of drug-likeness (QED) is 0.832. The Morgan fingerprint density at radius 1 is 1.29 bits per heavy atom. The second-order valence-corrected chi connectivity index (χ2v) is 6.24. The van der Waals surface area contributed by atoms with Crippen molar-refractivity contribution in [1.29, 1.82) is 0 Å². The van der Waals surface area contributed by atoms with Crippen LogP contribution in [0.3, 0.4) is 0 Å². The standard InChI is InChI=1S/C15H26N2O4/c1-3-15(14(19)20)4-6-16(7-5-15)11-13(18)17-8-9-21-12(2)10-17/h12H,3-11H2,1-2H3,(H,19,20). The lowest BCUT2D eigenvalue weighted by Crippen LogP contribution is -2.51. The summed E-state index contributed by atoms with van der Waals surface area (Å²) < 4.78 is 5.44. The Kier molecular flexibility index (Phi) is 5.22. The molecule has 0 saturated carbocycles. The van der Waals surface area contributed by atoms with Gasteiger partial charge in [-0.1, -0.05) is 6.92 Å². The van der Waals surface area contributed by atoms with Crippen molar-refractivity contribution in [1.82, 2.24) is 9.80 Å². The highest BCUT2D eigenvalue weighted by atomic mass is 16.5. The number of likely N-dealkylation sites (tertiary alicyclic amines) is 1. The number of morpholine rings is 1. The summed E-state index contributed by atoms with van der Waals surface area (Å²) >= 11 is 0. The van der Waals surface area contributed by atoms with Gasteiger partial charge in [0.2, 0.25) is 5.91 Å². The zero-order valence-electron chi connectivity index (χ0n) is 13.0. The van der Waals surface area contributed by atoms with Crippen molar-refractivity contribution in [3.63, 3.8) is 0 Å². The van der Waals surface area contributed by atoms with E-state index in [1.165, 1.54) is 0 Å². The van der Waals surface area contributed by atoms with E-state index in [4.69, 9.17) is 4.74 Å². The molecule has 2 heterocycles. The number of carboxylic acids is 1. The van der Waals surface area contributed by atoms with E-state index in [9.17, 15) is 14.7 Å². The Morgan fingerprint density at radius 3 is 2.48 bits per heavy atom. The molecule has 1 N–H and O–H groups in total. The highest BCUT2D eigenvalue weighted by Crippen LogP contribution is 2.35. The molecule has 1 amide bonds. The number of carbonyl (C=O) groups excluding carboxylic acids is 1. The molecule has 120 valence electrons. The Morgan fingerprint density at radius 2 is 1.95 bits per heavy atom. The average molecular weight is 298 g/mol. The SMILES string of the molecule is CCC1(C(=O)O)CCN(CC(=O)N2CCOC(C)C2)CC1. The molecule has 1 unspecified atom stereocenters. The number of hydrogen-bond acceptors (Lipinski definition) is 4. The van der Waals surface area contributed by atoms with Crippen molar-refractivity contribution >= 4 is 11.9 Å². The maximum absolute atomic E-state index is 12.3. The number of carbonyl (C=O) groups is 2. The molecule has 2 rings (SSSR count). The van der Waals surface area contributed by atoms with Gasteiger partial charge in [0.15, 0.2) is 0 Å². The van der Waals surface area contributed by atoms with Crippen molar-refractivity contribution in [2.75, 3.05) is 39.3 Å². The fourth-order valence-corrected chi connectivity index (χ4v) is 3.19. The lowest BCUT2D eigenvalue weighted by atomic mass is 9.76. The summed E-state index contributed by atoms with van der Waals surface area (Å²) in [4.78, 5) is 27.6. The maximum Gasteiger partial charge on any atom is 0.309 e. The summed E-state index contributed by atoms with van der Waals surface area (Å²) in [5, 5.41) is 9.38. The zero-order chi connectivity index (χ0) is 15.5. The van der Waals surface area contributed by atoms with Gasteiger partial charge in [0.1, 0.15) is 0 Å². The van der Waals surface area contributed by atoms with Gasteiger partial charge in [-0.2, -0.15) is 0 Å². The second kappa shape index (κ2) is 6.75. The molecule has 0 aromatic carbocycles. The van der Waals surface area contributed by atoms with Gasteiger partial charge < -0.3 is 14.7 Å². The molecule has 0 aliphatic carbocycles. The smallest absolute Gasteiger partial charge is 0.309 e. The molecule has 0 aromatic heterocycles. The molecule has 2 fully saturated rings. The van der Waals surface area contributed by atoms with Crippen LogP contribution in [0, 0.1) is 5.41 Å². The Balaban J connectivity index is 1.83. The first-order valence-electron chi connectivity index (χ1n) is 7.82. The van der Waals surface area contributed by atoms with Crippen LogP contribution in [0.5, 0.6) is 0 Å². The number of ether oxygens (including phenoxy) is 1. The molecule has 1 atom stereocenters. The van der Waals surface area contributed by atoms with Gasteiger partial charge in [0.05, 0.1) is 24.7 Å². The second-order valence-electron chi connectivity index (χ2n) is 6.24. The Bertz CT molecular complexity index is 391. The summed E-state index contributed by atoms with van der Waals surface area (Å²) in [6.45, 7) is 7.59. The summed E-state index contributed by atoms with van der Waals surface area (Å²) in [6, 6.07) is 0. The van der Waals surface area contributed by atoms with E-state index >= 15 is 0 Å². The van der Waals surface area contributed by atoms with E-state index in [1.54, 1.807) is 0 Å². The van der Waals surface area contributed by atoms with E-state index in [1.807, 2.05) is 18.7 Å². The fraction of sp³-hybridized carbons (Fsp3) is 0.867. The van der Waals surface area contributed by atoms with E-state index < -0.39 is 11.4 Å². The van der Waals surface area contributed by atoms with Crippen LogP contribution in [0.15, 0.2) is 0 Å². The third-order valence-corrected chi connectivity index (χ3v) is 4.90. The van der Waals surface area contributed by atoms with Gasteiger partial charge >= 0.3 is 5.97 Å². The van der Waals surface area contributed by atoms with Crippen LogP contribution in [0.1, 0.15) is 33.1 Å². The maximum atomic E-state index is 12.3. The summed E-state index contributed by atoms with van der Waals surface area (Å²) in [5.41, 5.74) is -0.590. The van der Waals surface area contributed by atoms with Crippen LogP contribution in [-0.2, 0) is 14.3 Å². The monoisotopic (exact) mass is 298 g/mol. The van der Waals surface area contributed by atoms with Gasteiger partial charge in [-0.3, -0.25) is 14.5 Å². The topological polar surface area (TPSA) is 70.1 Å². The van der Waals surface area contributed by atoms with Crippen LogP contribution >= 0.6 is 0 Å². The number of amides is 1. The molecule has 2 aliphatic heterocycles. The lowest BCUT2D eigenvalue weighted by Gasteiger charge is -2.39. The molecule has 6 nitrogen and oxygen atoms in total. The van der Waals surface area contributed by atoms with Crippen molar-refractivity contribution < 1.29 is 19.4 Å². The molecule has 0 radical (unpaired) electrons.